The van der Waals surface area contributed by atoms with Crippen molar-refractivity contribution in [3.8, 4) is 11.6 Å². The van der Waals surface area contributed by atoms with E-state index in [1.54, 1.807) is 28.9 Å². The van der Waals surface area contributed by atoms with E-state index in [4.69, 9.17) is 4.74 Å². The van der Waals surface area contributed by atoms with Crippen LogP contribution >= 0.6 is 15.9 Å². The zero-order valence-electron chi connectivity index (χ0n) is 13.8. The molecule has 6 nitrogen and oxygen atoms in total. The summed E-state index contributed by atoms with van der Waals surface area (Å²) in [6, 6.07) is 10.8. The molecule has 0 atom stereocenters. The fraction of sp³-hybridized carbons (Fsp3) is 0.278. The van der Waals surface area contributed by atoms with Crippen LogP contribution in [0, 0.1) is 0 Å². The maximum atomic E-state index is 12.5. The van der Waals surface area contributed by atoms with Crippen molar-refractivity contribution < 1.29 is 14.3 Å². The van der Waals surface area contributed by atoms with Crippen molar-refractivity contribution in [1.29, 1.82) is 0 Å². The predicted molar refractivity (Wildman–Crippen MR) is 96.6 cm³/mol. The van der Waals surface area contributed by atoms with E-state index < -0.39 is 0 Å². The van der Waals surface area contributed by atoms with Gasteiger partial charge in [0.1, 0.15) is 5.75 Å². The summed E-state index contributed by atoms with van der Waals surface area (Å²) in [5, 5.41) is 0. The molecule has 1 saturated heterocycles. The number of pyridine rings is 1. The Labute approximate surface area is 154 Å². The molecule has 1 aliphatic heterocycles. The average Bonchev–Trinajstić information content (AvgIpc) is 2.62. The fourth-order valence-electron chi connectivity index (χ4n) is 2.63. The summed E-state index contributed by atoms with van der Waals surface area (Å²) < 4.78 is 6.59. The Bertz CT molecular complexity index is 771. The Morgan fingerprint density at radius 3 is 2.40 bits per heavy atom. The quantitative estimate of drug-likeness (QED) is 0.790. The number of rotatable bonds is 3. The smallest absolute Gasteiger partial charge is 0.255 e. The first kappa shape index (κ1) is 17.4. The average molecular weight is 404 g/mol. The van der Waals surface area contributed by atoms with Gasteiger partial charge in [-0.05, 0) is 24.3 Å². The number of halogens is 1. The van der Waals surface area contributed by atoms with Crippen LogP contribution < -0.4 is 4.74 Å². The van der Waals surface area contributed by atoms with Crippen LogP contribution in [-0.4, -0.2) is 52.8 Å². The van der Waals surface area contributed by atoms with E-state index in [0.717, 1.165) is 4.47 Å². The molecule has 7 heteroatoms. The molecule has 0 saturated carbocycles. The minimum Gasteiger partial charge on any atom is -0.439 e. The summed E-state index contributed by atoms with van der Waals surface area (Å²) in [6.45, 7) is 3.76. The molecule has 130 valence electrons. The van der Waals surface area contributed by atoms with Crippen LogP contribution in [0.5, 0.6) is 11.6 Å². The maximum absolute atomic E-state index is 12.5. The number of benzene rings is 1. The third-order valence-electron chi connectivity index (χ3n) is 4.01. The third kappa shape index (κ3) is 4.36. The number of carbonyl (C=O) groups is 2. The topological polar surface area (TPSA) is 62.7 Å². The fourth-order valence-corrected chi connectivity index (χ4v) is 3.00. The van der Waals surface area contributed by atoms with Crippen molar-refractivity contribution in [2.45, 2.75) is 6.92 Å². The summed E-state index contributed by atoms with van der Waals surface area (Å²) in [6.07, 6.45) is 1.52. The molecule has 1 aliphatic rings. The number of hydrogen-bond donors (Lipinski definition) is 0. The van der Waals surface area contributed by atoms with E-state index >= 15 is 0 Å². The van der Waals surface area contributed by atoms with Gasteiger partial charge in [-0.3, -0.25) is 9.59 Å². The lowest BCUT2D eigenvalue weighted by Gasteiger charge is -2.34. The highest BCUT2D eigenvalue weighted by Gasteiger charge is 2.23. The number of amides is 2. The highest BCUT2D eigenvalue weighted by molar-refractivity contribution is 9.10. The van der Waals surface area contributed by atoms with Gasteiger partial charge in [0.15, 0.2) is 0 Å². The largest absolute Gasteiger partial charge is 0.439 e. The molecule has 25 heavy (non-hydrogen) atoms. The molecule has 0 aliphatic carbocycles. The number of ether oxygens (including phenoxy) is 1. The lowest BCUT2D eigenvalue weighted by atomic mass is 10.2. The molecule has 0 N–H and O–H groups in total. The van der Waals surface area contributed by atoms with Crippen LogP contribution in [0.15, 0.2) is 47.1 Å². The first-order valence-electron chi connectivity index (χ1n) is 7.97. The van der Waals surface area contributed by atoms with Gasteiger partial charge in [0.25, 0.3) is 5.91 Å². The second-order valence-corrected chi connectivity index (χ2v) is 6.66. The molecule has 1 aromatic carbocycles. The van der Waals surface area contributed by atoms with Gasteiger partial charge < -0.3 is 14.5 Å². The Morgan fingerprint density at radius 2 is 1.80 bits per heavy atom. The molecule has 0 unspecified atom stereocenters. The first-order valence-corrected chi connectivity index (χ1v) is 8.76. The summed E-state index contributed by atoms with van der Waals surface area (Å²) in [5.74, 6) is 1.06. The van der Waals surface area contributed by atoms with Crippen molar-refractivity contribution >= 4 is 27.7 Å². The Balaban J connectivity index is 1.62. The van der Waals surface area contributed by atoms with E-state index in [2.05, 4.69) is 20.9 Å². The maximum Gasteiger partial charge on any atom is 0.255 e. The molecule has 1 aromatic heterocycles. The normalized spacial score (nSPS) is 14.3. The molecule has 2 amide bonds. The van der Waals surface area contributed by atoms with Gasteiger partial charge in [0, 0.05) is 49.8 Å². The molecular weight excluding hydrogens is 386 g/mol. The molecule has 3 rings (SSSR count). The van der Waals surface area contributed by atoms with Crippen LogP contribution in [0.4, 0.5) is 0 Å². The van der Waals surface area contributed by atoms with Crippen molar-refractivity contribution in [3.05, 3.63) is 52.6 Å². The van der Waals surface area contributed by atoms with Crippen LogP contribution in [0.2, 0.25) is 0 Å². The highest BCUT2D eigenvalue weighted by Crippen LogP contribution is 2.23. The summed E-state index contributed by atoms with van der Waals surface area (Å²) in [7, 11) is 0. The standard InChI is InChI=1S/C18H18BrN3O3/c1-13(23)21-7-9-22(10-8-21)18(24)14-5-6-17(20-12-14)25-16-4-2-3-15(19)11-16/h2-6,11-12H,7-10H2,1H3. The van der Waals surface area contributed by atoms with Gasteiger partial charge in [-0.25, -0.2) is 4.98 Å². The van der Waals surface area contributed by atoms with Crippen LogP contribution in [0.3, 0.4) is 0 Å². The molecule has 2 heterocycles. The Hall–Kier alpha value is -2.41. The van der Waals surface area contributed by atoms with Crippen molar-refractivity contribution in [2.24, 2.45) is 0 Å². The molecule has 0 radical (unpaired) electrons. The minimum atomic E-state index is -0.0790. The van der Waals surface area contributed by atoms with Crippen molar-refractivity contribution in [2.75, 3.05) is 26.2 Å². The number of hydrogen-bond acceptors (Lipinski definition) is 4. The SMILES string of the molecule is CC(=O)N1CCN(C(=O)c2ccc(Oc3cccc(Br)c3)nc2)CC1. The van der Waals surface area contributed by atoms with Gasteiger partial charge in [-0.15, -0.1) is 0 Å². The number of nitrogens with zero attached hydrogens (tertiary/aromatic N) is 3. The van der Waals surface area contributed by atoms with Crippen LogP contribution in [-0.2, 0) is 4.79 Å². The van der Waals surface area contributed by atoms with Crippen LogP contribution in [0.1, 0.15) is 17.3 Å². The minimum absolute atomic E-state index is 0.0443. The van der Waals surface area contributed by atoms with E-state index in [1.165, 1.54) is 6.20 Å². The third-order valence-corrected chi connectivity index (χ3v) is 4.51. The van der Waals surface area contributed by atoms with Crippen LogP contribution in [0.25, 0.3) is 0 Å². The predicted octanol–water partition coefficient (Wildman–Crippen LogP) is 2.94. The van der Waals surface area contributed by atoms with Gasteiger partial charge in [0.2, 0.25) is 11.8 Å². The van der Waals surface area contributed by atoms with E-state index in [9.17, 15) is 9.59 Å². The number of piperazine rings is 1. The lowest BCUT2D eigenvalue weighted by Crippen LogP contribution is -2.50. The van der Waals surface area contributed by atoms with Gasteiger partial charge in [-0.2, -0.15) is 0 Å². The van der Waals surface area contributed by atoms with E-state index in [1.807, 2.05) is 24.3 Å². The molecule has 0 spiro atoms. The molecule has 2 aromatic rings. The summed E-state index contributed by atoms with van der Waals surface area (Å²) >= 11 is 3.39. The van der Waals surface area contributed by atoms with E-state index in [0.29, 0.717) is 43.4 Å². The van der Waals surface area contributed by atoms with Gasteiger partial charge in [-0.1, -0.05) is 22.0 Å². The molecule has 0 bridgehead atoms. The second-order valence-electron chi connectivity index (χ2n) is 5.74. The molecular formula is C18H18BrN3O3. The summed E-state index contributed by atoms with van der Waals surface area (Å²) in [5.41, 5.74) is 0.512. The number of carbonyl (C=O) groups excluding carboxylic acids is 2. The van der Waals surface area contributed by atoms with Crippen molar-refractivity contribution in [3.63, 3.8) is 0 Å². The molecule has 1 fully saturated rings. The Morgan fingerprint density at radius 1 is 1.08 bits per heavy atom. The first-order chi connectivity index (χ1) is 12.0. The Kier molecular flexibility index (Phi) is 5.33. The highest BCUT2D eigenvalue weighted by atomic mass is 79.9. The zero-order chi connectivity index (χ0) is 17.8. The van der Waals surface area contributed by atoms with E-state index in [-0.39, 0.29) is 11.8 Å². The lowest BCUT2D eigenvalue weighted by molar-refractivity contribution is -0.130. The monoisotopic (exact) mass is 403 g/mol. The number of aromatic nitrogens is 1. The summed E-state index contributed by atoms with van der Waals surface area (Å²) in [4.78, 5) is 31.6. The van der Waals surface area contributed by atoms with Crippen molar-refractivity contribution in [1.82, 2.24) is 14.8 Å². The second kappa shape index (κ2) is 7.65. The van der Waals surface area contributed by atoms with Gasteiger partial charge >= 0.3 is 0 Å². The van der Waals surface area contributed by atoms with Gasteiger partial charge in [0.05, 0.1) is 5.56 Å². The zero-order valence-corrected chi connectivity index (χ0v) is 15.4.